The number of rotatable bonds is 8. The second-order valence-electron chi connectivity index (χ2n) is 7.91. The van der Waals surface area contributed by atoms with E-state index < -0.39 is 18.2 Å². The van der Waals surface area contributed by atoms with Gasteiger partial charge in [0.25, 0.3) is 0 Å². The van der Waals surface area contributed by atoms with E-state index in [2.05, 4.69) is 15.0 Å². The van der Waals surface area contributed by atoms with E-state index in [9.17, 15) is 5.11 Å². The van der Waals surface area contributed by atoms with Gasteiger partial charge in [-0.1, -0.05) is 72.3 Å². The Hall–Kier alpha value is -3.10. The lowest BCUT2D eigenvalue weighted by Gasteiger charge is -2.25. The van der Waals surface area contributed by atoms with Crippen LogP contribution in [0.2, 0.25) is 5.15 Å². The van der Waals surface area contributed by atoms with Crippen molar-refractivity contribution in [3.63, 3.8) is 0 Å². The first kappa shape index (κ1) is 21.7. The highest BCUT2D eigenvalue weighted by molar-refractivity contribution is 6.33. The SMILES string of the molecule is O[C@H]1C(COCc2ccccc2)=C[C@@H](OCc2ccccc2)[C@@H]1n1cnc2c(Cl)ncnc21. The largest absolute Gasteiger partial charge is 0.386 e. The highest BCUT2D eigenvalue weighted by Gasteiger charge is 2.39. The van der Waals surface area contributed by atoms with Crippen LogP contribution in [0.3, 0.4) is 0 Å². The van der Waals surface area contributed by atoms with E-state index in [0.717, 1.165) is 16.7 Å². The Morgan fingerprint density at radius 1 is 0.879 bits per heavy atom. The predicted octanol–water partition coefficient (Wildman–Crippen LogP) is 4.12. The van der Waals surface area contributed by atoms with Crippen LogP contribution in [0, 0.1) is 0 Å². The van der Waals surface area contributed by atoms with E-state index >= 15 is 0 Å². The summed E-state index contributed by atoms with van der Waals surface area (Å²) in [4.78, 5) is 12.7. The van der Waals surface area contributed by atoms with Crippen molar-refractivity contribution in [1.29, 1.82) is 0 Å². The van der Waals surface area contributed by atoms with Crippen molar-refractivity contribution in [2.75, 3.05) is 6.61 Å². The third kappa shape index (κ3) is 4.67. The van der Waals surface area contributed by atoms with E-state index in [0.29, 0.717) is 31.0 Å². The third-order valence-corrected chi connectivity index (χ3v) is 6.00. The van der Waals surface area contributed by atoms with Crippen molar-refractivity contribution < 1.29 is 14.6 Å². The molecule has 4 aromatic rings. The van der Waals surface area contributed by atoms with E-state index in [1.54, 1.807) is 6.33 Å². The van der Waals surface area contributed by atoms with E-state index in [4.69, 9.17) is 21.1 Å². The summed E-state index contributed by atoms with van der Waals surface area (Å²) in [6.07, 6.45) is 3.73. The van der Waals surface area contributed by atoms with Gasteiger partial charge in [0.1, 0.15) is 24.1 Å². The number of halogens is 1. The number of aromatic nitrogens is 4. The van der Waals surface area contributed by atoms with Gasteiger partial charge in [0, 0.05) is 0 Å². The number of hydrogen-bond donors (Lipinski definition) is 1. The molecule has 2 aromatic carbocycles. The molecule has 0 spiro atoms. The van der Waals surface area contributed by atoms with Crippen LogP contribution in [0.15, 0.2) is 85.0 Å². The van der Waals surface area contributed by atoms with Crippen molar-refractivity contribution >= 4 is 22.8 Å². The molecule has 0 saturated carbocycles. The molecule has 8 heteroatoms. The van der Waals surface area contributed by atoms with Gasteiger partial charge in [-0.2, -0.15) is 0 Å². The van der Waals surface area contributed by atoms with Gasteiger partial charge in [0.05, 0.1) is 32.2 Å². The number of imidazole rings is 1. The van der Waals surface area contributed by atoms with Crippen molar-refractivity contribution in [2.45, 2.75) is 31.5 Å². The summed E-state index contributed by atoms with van der Waals surface area (Å²) in [6, 6.07) is 19.4. The highest BCUT2D eigenvalue weighted by atomic mass is 35.5. The molecule has 3 atom stereocenters. The topological polar surface area (TPSA) is 82.3 Å². The Kier molecular flexibility index (Phi) is 6.46. The van der Waals surface area contributed by atoms with Gasteiger partial charge in [0.2, 0.25) is 0 Å². The van der Waals surface area contributed by atoms with Crippen molar-refractivity contribution in [1.82, 2.24) is 19.5 Å². The summed E-state index contributed by atoms with van der Waals surface area (Å²) in [5.74, 6) is 0. The second-order valence-corrected chi connectivity index (χ2v) is 8.26. The Morgan fingerprint density at radius 3 is 2.30 bits per heavy atom. The lowest BCUT2D eigenvalue weighted by atomic mass is 10.1. The summed E-state index contributed by atoms with van der Waals surface area (Å²) in [7, 11) is 0. The maximum atomic E-state index is 11.3. The Bertz CT molecular complexity index is 1250. The molecule has 0 radical (unpaired) electrons. The smallest absolute Gasteiger partial charge is 0.165 e. The second kappa shape index (κ2) is 9.80. The molecule has 1 aliphatic rings. The van der Waals surface area contributed by atoms with Gasteiger partial charge in [-0.3, -0.25) is 0 Å². The van der Waals surface area contributed by atoms with Gasteiger partial charge in [-0.15, -0.1) is 0 Å². The minimum Gasteiger partial charge on any atom is -0.386 e. The van der Waals surface area contributed by atoms with Crippen LogP contribution in [0.25, 0.3) is 11.2 Å². The van der Waals surface area contributed by atoms with E-state index in [1.807, 2.05) is 71.3 Å². The van der Waals surface area contributed by atoms with E-state index in [-0.39, 0.29) is 5.15 Å². The maximum absolute atomic E-state index is 11.3. The molecule has 0 bridgehead atoms. The van der Waals surface area contributed by atoms with Gasteiger partial charge < -0.3 is 19.1 Å². The third-order valence-electron chi connectivity index (χ3n) is 5.72. The Balaban J connectivity index is 1.38. The maximum Gasteiger partial charge on any atom is 0.165 e. The van der Waals surface area contributed by atoms with Crippen molar-refractivity contribution in [3.05, 3.63) is 101 Å². The molecule has 1 N–H and O–H groups in total. The quantitative estimate of drug-likeness (QED) is 0.313. The molecule has 7 nitrogen and oxygen atoms in total. The molecule has 2 heterocycles. The van der Waals surface area contributed by atoms with Crippen molar-refractivity contribution in [2.24, 2.45) is 0 Å². The first-order valence-corrected chi connectivity index (χ1v) is 11.1. The number of ether oxygens (including phenoxy) is 2. The summed E-state index contributed by atoms with van der Waals surface area (Å²) in [5, 5.41) is 11.5. The molecule has 0 fully saturated rings. The number of aliphatic hydroxyl groups is 1. The first-order chi connectivity index (χ1) is 16.2. The molecule has 2 aromatic heterocycles. The lowest BCUT2D eigenvalue weighted by molar-refractivity contribution is 0.0102. The number of fused-ring (bicyclic) bond motifs is 1. The number of nitrogens with zero attached hydrogens (tertiary/aromatic N) is 4. The van der Waals surface area contributed by atoms with Crippen LogP contribution in [0.1, 0.15) is 17.2 Å². The summed E-state index contributed by atoms with van der Waals surface area (Å²) >= 11 is 6.19. The summed E-state index contributed by atoms with van der Waals surface area (Å²) < 4.78 is 14.0. The standard InChI is InChI=1S/C25H23ClN4O3/c26-24-21-25(28-15-27-24)30(16-29-21)22-20(33-13-18-9-5-2-6-10-18)11-19(23(22)31)14-32-12-17-7-3-1-4-8-17/h1-11,15-16,20,22-23,31H,12-14H2/t20-,22+,23+/m1/s1. The zero-order chi connectivity index (χ0) is 22.6. The zero-order valence-corrected chi connectivity index (χ0v) is 18.5. The lowest BCUT2D eigenvalue weighted by Crippen LogP contribution is -2.31. The summed E-state index contributed by atoms with van der Waals surface area (Å²) in [6.45, 7) is 1.16. The highest BCUT2D eigenvalue weighted by Crippen LogP contribution is 2.35. The van der Waals surface area contributed by atoms with E-state index in [1.165, 1.54) is 6.33 Å². The van der Waals surface area contributed by atoms with Gasteiger partial charge in [-0.05, 0) is 22.8 Å². The molecule has 0 unspecified atom stereocenters. The van der Waals surface area contributed by atoms with Crippen LogP contribution in [0.5, 0.6) is 0 Å². The predicted molar refractivity (Wildman–Crippen MR) is 125 cm³/mol. The molecule has 168 valence electrons. The molecule has 1 aliphatic carbocycles. The fourth-order valence-electron chi connectivity index (χ4n) is 4.07. The van der Waals surface area contributed by atoms with Crippen LogP contribution in [0.4, 0.5) is 0 Å². The monoisotopic (exact) mass is 462 g/mol. The molecule has 33 heavy (non-hydrogen) atoms. The minimum absolute atomic E-state index is 0.271. The fraction of sp³-hybridized carbons (Fsp3) is 0.240. The van der Waals surface area contributed by atoms with Gasteiger partial charge in [-0.25, -0.2) is 15.0 Å². The number of benzene rings is 2. The number of hydrogen-bond acceptors (Lipinski definition) is 6. The summed E-state index contributed by atoms with van der Waals surface area (Å²) in [5.41, 5.74) is 3.92. The molecular formula is C25H23ClN4O3. The van der Waals surface area contributed by atoms with Crippen LogP contribution in [-0.4, -0.2) is 43.4 Å². The Morgan fingerprint density at radius 2 is 1.58 bits per heavy atom. The molecular weight excluding hydrogens is 440 g/mol. The van der Waals surface area contributed by atoms with Gasteiger partial charge in [0.15, 0.2) is 10.8 Å². The number of aliphatic hydroxyl groups excluding tert-OH is 1. The fourth-order valence-corrected chi connectivity index (χ4v) is 4.24. The van der Waals surface area contributed by atoms with Crippen LogP contribution < -0.4 is 0 Å². The molecule has 0 saturated heterocycles. The van der Waals surface area contributed by atoms with Gasteiger partial charge >= 0.3 is 0 Å². The van der Waals surface area contributed by atoms with Crippen LogP contribution in [-0.2, 0) is 22.7 Å². The first-order valence-electron chi connectivity index (χ1n) is 10.7. The zero-order valence-electron chi connectivity index (χ0n) is 17.8. The average Bonchev–Trinajstić information content (AvgIpc) is 3.40. The normalized spacial score (nSPS) is 20.3. The molecule has 0 aliphatic heterocycles. The average molecular weight is 463 g/mol. The Labute approximate surface area is 196 Å². The molecule has 5 rings (SSSR count). The minimum atomic E-state index is -0.826. The molecule has 0 amide bonds. The van der Waals surface area contributed by atoms with Crippen molar-refractivity contribution in [3.8, 4) is 0 Å². The van der Waals surface area contributed by atoms with Crippen LogP contribution >= 0.6 is 11.6 Å².